The highest BCUT2D eigenvalue weighted by atomic mass is 32.1. The van der Waals surface area contributed by atoms with Crippen LogP contribution in [0.2, 0.25) is 0 Å². The van der Waals surface area contributed by atoms with E-state index in [1.807, 2.05) is 13.8 Å². The quantitative estimate of drug-likeness (QED) is 0.875. The molecule has 1 aromatic heterocycles. The normalized spacial score (nSPS) is 13.9. The molecule has 0 atom stereocenters. The number of carbonyl (C=O) groups is 1. The first-order valence-corrected chi connectivity index (χ1v) is 7.99. The smallest absolute Gasteiger partial charge is 0.232 e. The highest BCUT2D eigenvalue weighted by molar-refractivity contribution is 7.16. The van der Waals surface area contributed by atoms with Crippen molar-refractivity contribution in [3.05, 3.63) is 16.0 Å². The van der Waals surface area contributed by atoms with Gasteiger partial charge >= 0.3 is 0 Å². The van der Waals surface area contributed by atoms with Crippen LogP contribution in [-0.4, -0.2) is 12.5 Å². The first kappa shape index (κ1) is 15.0. The number of nitrogens with zero attached hydrogens (tertiary/aromatic N) is 1. The second kappa shape index (κ2) is 5.94. The number of thiophene rings is 1. The Labute approximate surface area is 124 Å². The lowest BCUT2D eigenvalue weighted by Crippen LogP contribution is -2.41. The summed E-state index contributed by atoms with van der Waals surface area (Å²) in [7, 11) is 0. The monoisotopic (exact) mass is 291 g/mol. The van der Waals surface area contributed by atoms with E-state index >= 15 is 0 Å². The van der Waals surface area contributed by atoms with Crippen molar-refractivity contribution in [1.29, 1.82) is 5.26 Å². The van der Waals surface area contributed by atoms with Crippen LogP contribution >= 0.6 is 11.3 Å². The van der Waals surface area contributed by atoms with Gasteiger partial charge in [0.2, 0.25) is 5.91 Å². The molecule has 1 heterocycles. The average Bonchev–Trinajstić information content (AvgIpc) is 3.01. The second-order valence-electron chi connectivity index (χ2n) is 5.32. The minimum atomic E-state index is -0.527. The lowest BCUT2D eigenvalue weighted by atomic mass is 9.81. The molecule has 108 valence electrons. The molecule has 0 aliphatic heterocycles. The van der Waals surface area contributed by atoms with Gasteiger partial charge in [-0.05, 0) is 37.7 Å². The summed E-state index contributed by atoms with van der Waals surface area (Å²) in [6, 6.07) is 2.25. The SMILES string of the molecule is CCC(CC)(CN)C(=O)Nc1sc2c(c1C#N)CCC2. The van der Waals surface area contributed by atoms with E-state index in [4.69, 9.17) is 5.73 Å². The highest BCUT2D eigenvalue weighted by Crippen LogP contribution is 2.39. The van der Waals surface area contributed by atoms with Gasteiger partial charge in [-0.2, -0.15) is 5.26 Å². The van der Waals surface area contributed by atoms with Gasteiger partial charge in [-0.3, -0.25) is 4.79 Å². The number of rotatable bonds is 5. The molecular formula is C15H21N3OS. The average molecular weight is 291 g/mol. The summed E-state index contributed by atoms with van der Waals surface area (Å²) in [6.45, 7) is 4.30. The highest BCUT2D eigenvalue weighted by Gasteiger charge is 2.34. The number of anilines is 1. The number of carbonyl (C=O) groups excluding carboxylic acids is 1. The number of nitrogens with two attached hydrogens (primary N) is 1. The van der Waals surface area contributed by atoms with Crippen LogP contribution < -0.4 is 11.1 Å². The predicted octanol–water partition coefficient (Wildman–Crippen LogP) is 2.81. The summed E-state index contributed by atoms with van der Waals surface area (Å²) < 4.78 is 0. The van der Waals surface area contributed by atoms with Gasteiger partial charge < -0.3 is 11.1 Å². The summed E-state index contributed by atoms with van der Waals surface area (Å²) in [5.74, 6) is -0.0542. The molecule has 1 aliphatic rings. The van der Waals surface area contributed by atoms with E-state index in [0.29, 0.717) is 30.0 Å². The topological polar surface area (TPSA) is 78.9 Å². The van der Waals surface area contributed by atoms with Crippen LogP contribution in [0.1, 0.15) is 49.1 Å². The molecule has 20 heavy (non-hydrogen) atoms. The van der Waals surface area contributed by atoms with Gasteiger partial charge in [-0.15, -0.1) is 11.3 Å². The Morgan fingerprint density at radius 1 is 1.45 bits per heavy atom. The maximum atomic E-state index is 12.5. The predicted molar refractivity (Wildman–Crippen MR) is 81.8 cm³/mol. The van der Waals surface area contributed by atoms with Gasteiger partial charge in [0.15, 0.2) is 0 Å². The summed E-state index contributed by atoms with van der Waals surface area (Å²) in [5.41, 5.74) is 7.08. The van der Waals surface area contributed by atoms with E-state index in [0.717, 1.165) is 24.8 Å². The van der Waals surface area contributed by atoms with Crippen LogP contribution in [0.3, 0.4) is 0 Å². The molecule has 0 fully saturated rings. The van der Waals surface area contributed by atoms with E-state index in [1.165, 1.54) is 4.88 Å². The van der Waals surface area contributed by atoms with Crippen molar-refractivity contribution in [3.8, 4) is 6.07 Å². The fraction of sp³-hybridized carbons (Fsp3) is 0.600. The van der Waals surface area contributed by atoms with Gasteiger partial charge in [-0.1, -0.05) is 13.8 Å². The van der Waals surface area contributed by atoms with Crippen LogP contribution in [0, 0.1) is 16.7 Å². The Balaban J connectivity index is 2.27. The molecular weight excluding hydrogens is 270 g/mol. The zero-order chi connectivity index (χ0) is 14.8. The third kappa shape index (κ3) is 2.34. The van der Waals surface area contributed by atoms with Gasteiger partial charge in [0, 0.05) is 11.4 Å². The Morgan fingerprint density at radius 2 is 2.15 bits per heavy atom. The largest absolute Gasteiger partial charge is 0.329 e. The number of nitrogens with one attached hydrogen (secondary N) is 1. The minimum absolute atomic E-state index is 0.0542. The molecule has 0 radical (unpaired) electrons. The lowest BCUT2D eigenvalue weighted by Gasteiger charge is -2.28. The number of nitriles is 1. The number of hydrogen-bond acceptors (Lipinski definition) is 4. The standard InChI is InChI=1S/C15H21N3OS/c1-3-15(4-2,9-17)14(19)18-13-11(8-16)10-6-5-7-12(10)20-13/h3-7,9,17H2,1-2H3,(H,18,19). The molecule has 0 saturated carbocycles. The van der Waals surface area contributed by atoms with Crippen LogP contribution in [0.15, 0.2) is 0 Å². The summed E-state index contributed by atoms with van der Waals surface area (Å²) >= 11 is 1.55. The van der Waals surface area contributed by atoms with Crippen LogP contribution in [0.25, 0.3) is 0 Å². The molecule has 0 saturated heterocycles. The van der Waals surface area contributed by atoms with E-state index in [1.54, 1.807) is 11.3 Å². The first-order valence-electron chi connectivity index (χ1n) is 7.18. The number of hydrogen-bond donors (Lipinski definition) is 2. The van der Waals surface area contributed by atoms with Crippen LogP contribution in [0.5, 0.6) is 0 Å². The molecule has 0 aromatic carbocycles. The molecule has 1 aromatic rings. The van der Waals surface area contributed by atoms with Crippen LogP contribution in [0.4, 0.5) is 5.00 Å². The maximum Gasteiger partial charge on any atom is 0.232 e. The fourth-order valence-corrected chi connectivity index (χ4v) is 4.03. The third-order valence-corrected chi connectivity index (χ3v) is 5.69. The number of amides is 1. The maximum absolute atomic E-state index is 12.5. The molecule has 0 spiro atoms. The van der Waals surface area contributed by atoms with Gasteiger partial charge in [0.1, 0.15) is 11.1 Å². The minimum Gasteiger partial charge on any atom is -0.329 e. The van der Waals surface area contributed by atoms with Gasteiger partial charge in [-0.25, -0.2) is 0 Å². The van der Waals surface area contributed by atoms with Crippen LogP contribution in [-0.2, 0) is 17.6 Å². The Morgan fingerprint density at radius 3 is 2.70 bits per heavy atom. The van der Waals surface area contributed by atoms with Gasteiger partial charge in [0.05, 0.1) is 11.0 Å². The van der Waals surface area contributed by atoms with Crippen molar-refractivity contribution in [2.24, 2.45) is 11.1 Å². The van der Waals surface area contributed by atoms with Crippen molar-refractivity contribution in [2.75, 3.05) is 11.9 Å². The molecule has 1 aliphatic carbocycles. The molecule has 4 nitrogen and oxygen atoms in total. The second-order valence-corrected chi connectivity index (χ2v) is 6.42. The van der Waals surface area contributed by atoms with Crippen molar-refractivity contribution < 1.29 is 4.79 Å². The Bertz CT molecular complexity index is 544. The summed E-state index contributed by atoms with van der Waals surface area (Å²) in [4.78, 5) is 13.8. The van der Waals surface area contributed by atoms with Crippen molar-refractivity contribution in [1.82, 2.24) is 0 Å². The lowest BCUT2D eigenvalue weighted by molar-refractivity contribution is -0.125. The first-order chi connectivity index (χ1) is 9.61. The molecule has 0 bridgehead atoms. The zero-order valence-corrected chi connectivity index (χ0v) is 12.9. The Kier molecular flexibility index (Phi) is 4.46. The molecule has 1 amide bonds. The van der Waals surface area contributed by atoms with E-state index in [2.05, 4.69) is 11.4 Å². The van der Waals surface area contributed by atoms with E-state index in [9.17, 15) is 10.1 Å². The molecule has 5 heteroatoms. The molecule has 3 N–H and O–H groups in total. The summed E-state index contributed by atoms with van der Waals surface area (Å²) in [5, 5.41) is 13.0. The van der Waals surface area contributed by atoms with E-state index in [-0.39, 0.29) is 5.91 Å². The number of aryl methyl sites for hydroxylation is 1. The molecule has 2 rings (SSSR count). The molecule has 0 unspecified atom stereocenters. The van der Waals surface area contributed by atoms with Crippen molar-refractivity contribution >= 4 is 22.2 Å². The summed E-state index contributed by atoms with van der Waals surface area (Å²) in [6.07, 6.45) is 4.50. The number of fused-ring (bicyclic) bond motifs is 1. The van der Waals surface area contributed by atoms with Crippen molar-refractivity contribution in [3.63, 3.8) is 0 Å². The Hall–Kier alpha value is -1.38. The van der Waals surface area contributed by atoms with Crippen molar-refractivity contribution in [2.45, 2.75) is 46.0 Å². The van der Waals surface area contributed by atoms with E-state index < -0.39 is 5.41 Å². The zero-order valence-electron chi connectivity index (χ0n) is 12.1. The fourth-order valence-electron chi connectivity index (χ4n) is 2.80. The van der Waals surface area contributed by atoms with Gasteiger partial charge in [0.25, 0.3) is 0 Å². The third-order valence-electron chi connectivity index (χ3n) is 4.49.